The van der Waals surface area contributed by atoms with Gasteiger partial charge in [-0.05, 0) is 35.4 Å². The molecule has 1 amide bonds. The fourth-order valence-corrected chi connectivity index (χ4v) is 2.64. The number of benzene rings is 2. The maximum Gasteiger partial charge on any atom is 0.411 e. The fraction of sp³-hybridized carbons (Fsp3) is 0.278. The molecule has 1 N–H and O–H groups in total. The van der Waals surface area contributed by atoms with Crippen LogP contribution in [0, 0.1) is 0 Å². The van der Waals surface area contributed by atoms with Crippen molar-refractivity contribution in [3.8, 4) is 0 Å². The van der Waals surface area contributed by atoms with E-state index in [0.29, 0.717) is 16.0 Å². The normalized spacial score (nSPS) is 12.6. The van der Waals surface area contributed by atoms with Crippen molar-refractivity contribution in [1.29, 1.82) is 0 Å². The van der Waals surface area contributed by atoms with Crippen molar-refractivity contribution in [3.05, 3.63) is 65.2 Å². The molecule has 0 spiro atoms. The van der Waals surface area contributed by atoms with Gasteiger partial charge in [0.15, 0.2) is 0 Å². The van der Waals surface area contributed by atoms with E-state index in [1.807, 2.05) is 0 Å². The van der Waals surface area contributed by atoms with Gasteiger partial charge < -0.3 is 10.1 Å². The number of ether oxygens (including phenoxy) is 1. The van der Waals surface area contributed by atoms with E-state index in [1.165, 1.54) is 0 Å². The number of carbonyl (C=O) groups excluding carboxylic acids is 1. The van der Waals surface area contributed by atoms with E-state index in [2.05, 4.69) is 10.1 Å². The minimum Gasteiger partial charge on any atom is -0.367 e. The zero-order chi connectivity index (χ0) is 19.2. The van der Waals surface area contributed by atoms with Gasteiger partial charge in [0.1, 0.15) is 6.61 Å². The Morgan fingerprint density at radius 1 is 1.04 bits per heavy atom. The van der Waals surface area contributed by atoms with Crippen molar-refractivity contribution in [2.24, 2.45) is 0 Å². The Morgan fingerprint density at radius 2 is 1.62 bits per heavy atom. The molecule has 140 valence electrons. The Balaban J connectivity index is 1.83. The van der Waals surface area contributed by atoms with E-state index in [1.54, 1.807) is 54.8 Å². The average molecular weight is 385 g/mol. The molecule has 1 atom stereocenters. The summed E-state index contributed by atoms with van der Waals surface area (Å²) in [6.07, 6.45) is -2.78. The predicted molar refractivity (Wildman–Crippen MR) is 92.1 cm³/mol. The molecule has 0 saturated carbocycles. The molecule has 1 unspecified atom stereocenters. The van der Waals surface area contributed by atoms with E-state index < -0.39 is 23.6 Å². The van der Waals surface area contributed by atoms with Crippen molar-refractivity contribution in [1.82, 2.24) is 5.32 Å². The minimum absolute atomic E-state index is 0.128. The number of amides is 1. The molecule has 0 aromatic heterocycles. The molecule has 8 heteroatoms. The second-order valence-electron chi connectivity index (χ2n) is 5.59. The first-order valence-electron chi connectivity index (χ1n) is 7.68. The lowest BCUT2D eigenvalue weighted by Crippen LogP contribution is -2.22. The topological polar surface area (TPSA) is 55.4 Å². The highest BCUT2D eigenvalue weighted by Gasteiger charge is 2.27. The first kappa shape index (κ1) is 20.1. The van der Waals surface area contributed by atoms with E-state index in [9.17, 15) is 22.2 Å². The largest absolute Gasteiger partial charge is 0.411 e. The van der Waals surface area contributed by atoms with Crippen LogP contribution in [0.1, 0.15) is 21.5 Å². The summed E-state index contributed by atoms with van der Waals surface area (Å²) in [5.74, 6) is -0.268. The molecule has 0 aliphatic rings. The highest BCUT2D eigenvalue weighted by molar-refractivity contribution is 7.84. The van der Waals surface area contributed by atoms with Gasteiger partial charge in [-0.15, -0.1) is 0 Å². The smallest absolute Gasteiger partial charge is 0.367 e. The van der Waals surface area contributed by atoms with Crippen LogP contribution in [-0.4, -0.2) is 29.2 Å². The first-order chi connectivity index (χ1) is 12.2. The maximum atomic E-state index is 12.1. The number of hydrogen-bond donors (Lipinski definition) is 1. The monoisotopic (exact) mass is 385 g/mol. The van der Waals surface area contributed by atoms with E-state index in [4.69, 9.17) is 0 Å². The number of alkyl halides is 3. The van der Waals surface area contributed by atoms with Gasteiger partial charge in [-0.3, -0.25) is 9.00 Å². The van der Waals surface area contributed by atoms with Crippen LogP contribution in [0.4, 0.5) is 13.2 Å². The fourth-order valence-electron chi connectivity index (χ4n) is 2.12. The zero-order valence-electron chi connectivity index (χ0n) is 14.0. The second-order valence-corrected chi connectivity index (χ2v) is 6.97. The van der Waals surface area contributed by atoms with Crippen LogP contribution in [0.15, 0.2) is 53.4 Å². The Kier molecular flexibility index (Phi) is 6.93. The zero-order valence-corrected chi connectivity index (χ0v) is 14.8. The van der Waals surface area contributed by atoms with Crippen LogP contribution in [0.25, 0.3) is 0 Å². The molecule has 0 saturated heterocycles. The van der Waals surface area contributed by atoms with E-state index in [0.717, 1.165) is 5.56 Å². The number of nitrogens with one attached hydrogen (secondary N) is 1. The molecule has 0 radical (unpaired) electrons. The SMILES string of the molecule is CS(=O)c1ccc(C(=O)NCc2ccc(COCC(F)(F)F)cc2)cc1. The highest BCUT2D eigenvalue weighted by Crippen LogP contribution is 2.16. The molecule has 2 rings (SSSR count). The van der Waals surface area contributed by atoms with Gasteiger partial charge in [0.2, 0.25) is 0 Å². The van der Waals surface area contributed by atoms with Gasteiger partial charge in [0.25, 0.3) is 5.91 Å². The molecule has 0 fully saturated rings. The van der Waals surface area contributed by atoms with Crippen LogP contribution in [0.2, 0.25) is 0 Å². The number of halogens is 3. The predicted octanol–water partition coefficient (Wildman–Crippen LogP) is 3.43. The molecule has 2 aromatic rings. The summed E-state index contributed by atoms with van der Waals surface area (Å²) in [6, 6.07) is 13.2. The maximum absolute atomic E-state index is 12.1. The summed E-state index contributed by atoms with van der Waals surface area (Å²) in [6.45, 7) is -1.13. The van der Waals surface area contributed by atoms with Crippen LogP contribution in [-0.2, 0) is 28.7 Å². The van der Waals surface area contributed by atoms with Crippen molar-refractivity contribution in [3.63, 3.8) is 0 Å². The van der Waals surface area contributed by atoms with Gasteiger partial charge in [0, 0.05) is 34.1 Å². The molecular weight excluding hydrogens is 367 g/mol. The van der Waals surface area contributed by atoms with Crippen LogP contribution < -0.4 is 5.32 Å². The lowest BCUT2D eigenvalue weighted by atomic mass is 10.1. The standard InChI is InChI=1S/C18H18F3NO3S/c1-26(24)16-8-6-15(7-9-16)17(23)22-10-13-2-4-14(5-3-13)11-25-12-18(19,20)21/h2-9H,10-12H2,1H3,(H,22,23). The lowest BCUT2D eigenvalue weighted by molar-refractivity contribution is -0.176. The van der Waals surface area contributed by atoms with Crippen molar-refractivity contribution in [2.45, 2.75) is 24.2 Å². The Bertz CT molecular complexity index is 759. The first-order valence-corrected chi connectivity index (χ1v) is 9.24. The molecule has 0 aliphatic carbocycles. The minimum atomic E-state index is -4.34. The van der Waals surface area contributed by atoms with Crippen molar-refractivity contribution >= 4 is 16.7 Å². The van der Waals surface area contributed by atoms with Crippen LogP contribution >= 0.6 is 0 Å². The van der Waals surface area contributed by atoms with Gasteiger partial charge in [0.05, 0.1) is 6.61 Å². The third-order valence-electron chi connectivity index (χ3n) is 3.46. The Labute approximate surface area is 151 Å². The quantitative estimate of drug-likeness (QED) is 0.795. The molecule has 0 aliphatic heterocycles. The molecule has 26 heavy (non-hydrogen) atoms. The van der Waals surface area contributed by atoms with Gasteiger partial charge in [-0.1, -0.05) is 24.3 Å². The van der Waals surface area contributed by atoms with Crippen LogP contribution in [0.5, 0.6) is 0 Å². The third-order valence-corrected chi connectivity index (χ3v) is 4.39. The summed E-state index contributed by atoms with van der Waals surface area (Å²) in [5.41, 5.74) is 1.88. The van der Waals surface area contributed by atoms with Crippen molar-refractivity contribution < 1.29 is 26.9 Å². The molecule has 2 aromatic carbocycles. The summed E-state index contributed by atoms with van der Waals surface area (Å²) in [4.78, 5) is 12.7. The van der Waals surface area contributed by atoms with Gasteiger partial charge in [-0.25, -0.2) is 0 Å². The molecular formula is C18H18F3NO3S. The Hall–Kier alpha value is -2.19. The van der Waals surface area contributed by atoms with Crippen molar-refractivity contribution in [2.75, 3.05) is 12.9 Å². The molecule has 0 bridgehead atoms. The summed E-state index contributed by atoms with van der Waals surface area (Å²) in [5, 5.41) is 2.75. The average Bonchev–Trinajstić information content (AvgIpc) is 2.60. The summed E-state index contributed by atoms with van der Waals surface area (Å²) >= 11 is 0. The number of hydrogen-bond acceptors (Lipinski definition) is 3. The van der Waals surface area contributed by atoms with E-state index >= 15 is 0 Å². The number of rotatable bonds is 7. The lowest BCUT2D eigenvalue weighted by Gasteiger charge is -2.09. The Morgan fingerprint density at radius 3 is 2.15 bits per heavy atom. The summed E-state index contributed by atoms with van der Waals surface area (Å²) < 4.78 is 52.0. The van der Waals surface area contributed by atoms with Gasteiger partial charge in [-0.2, -0.15) is 13.2 Å². The van der Waals surface area contributed by atoms with Crippen LogP contribution in [0.3, 0.4) is 0 Å². The third kappa shape index (κ3) is 6.61. The molecule has 4 nitrogen and oxygen atoms in total. The highest BCUT2D eigenvalue weighted by atomic mass is 32.2. The van der Waals surface area contributed by atoms with E-state index in [-0.39, 0.29) is 19.1 Å². The number of carbonyl (C=O) groups is 1. The summed E-state index contributed by atoms with van der Waals surface area (Å²) in [7, 11) is -1.10. The van der Waals surface area contributed by atoms with Gasteiger partial charge >= 0.3 is 6.18 Å². The molecule has 0 heterocycles. The second kappa shape index (κ2) is 8.95.